The molecule has 0 spiro atoms. The van der Waals surface area contributed by atoms with E-state index in [4.69, 9.17) is 0 Å². The molecule has 1 unspecified atom stereocenters. The maximum atomic E-state index is 11.4. The van der Waals surface area contributed by atoms with Crippen LogP contribution in [0, 0.1) is 11.3 Å². The van der Waals surface area contributed by atoms with Gasteiger partial charge in [-0.3, -0.25) is 4.90 Å². The molecule has 1 aromatic carbocycles. The number of aliphatic hydroxyl groups excluding tert-OH is 1. The van der Waals surface area contributed by atoms with Gasteiger partial charge in [0.05, 0.1) is 13.1 Å². The summed E-state index contributed by atoms with van der Waals surface area (Å²) >= 11 is 0. The molecule has 0 bridgehead atoms. The Kier molecular flexibility index (Phi) is 6.56. The van der Waals surface area contributed by atoms with Crippen molar-refractivity contribution in [3.05, 3.63) is 71.5 Å². The highest BCUT2D eigenvalue weighted by molar-refractivity contribution is 6.02. The van der Waals surface area contributed by atoms with Crippen molar-refractivity contribution in [3.63, 3.8) is 0 Å². The van der Waals surface area contributed by atoms with E-state index in [2.05, 4.69) is 85.9 Å². The summed E-state index contributed by atoms with van der Waals surface area (Å²) < 4.78 is 2.43. The van der Waals surface area contributed by atoms with E-state index in [9.17, 15) is 5.11 Å². The molecule has 1 aliphatic carbocycles. The second-order valence-corrected chi connectivity index (χ2v) is 8.51. The first kappa shape index (κ1) is 20.6. The Labute approximate surface area is 170 Å². The molecular formula is C25H35N2O+. The van der Waals surface area contributed by atoms with Gasteiger partial charge in [-0.15, -0.1) is 0 Å². The van der Waals surface area contributed by atoms with Crippen molar-refractivity contribution >= 4 is 5.71 Å². The summed E-state index contributed by atoms with van der Waals surface area (Å²) in [5, 5.41) is 11.4. The molecule has 0 amide bonds. The molecule has 1 N–H and O–H groups in total. The lowest BCUT2D eigenvalue weighted by atomic mass is 9.68. The predicted molar refractivity (Wildman–Crippen MR) is 118 cm³/mol. The first-order chi connectivity index (χ1) is 13.5. The lowest BCUT2D eigenvalue weighted by Gasteiger charge is -2.37. The van der Waals surface area contributed by atoms with Crippen LogP contribution in [0.5, 0.6) is 0 Å². The summed E-state index contributed by atoms with van der Waals surface area (Å²) in [5.41, 5.74) is 3.22. The average molecular weight is 380 g/mol. The summed E-state index contributed by atoms with van der Waals surface area (Å²) in [6.45, 7) is 11.0. The molecule has 3 rings (SSSR count). The van der Waals surface area contributed by atoms with Crippen molar-refractivity contribution in [3.8, 4) is 0 Å². The summed E-state index contributed by atoms with van der Waals surface area (Å²) in [7, 11) is 2.18. The van der Waals surface area contributed by atoms with Crippen LogP contribution in [0.3, 0.4) is 0 Å². The minimum Gasteiger partial charge on any atom is -0.511 e. The van der Waals surface area contributed by atoms with Crippen molar-refractivity contribution in [1.82, 2.24) is 4.90 Å². The molecule has 0 aromatic heterocycles. The first-order valence-electron chi connectivity index (χ1n) is 10.6. The van der Waals surface area contributed by atoms with E-state index >= 15 is 0 Å². The molecule has 1 aliphatic heterocycles. The third kappa shape index (κ3) is 4.30. The molecule has 1 fully saturated rings. The fourth-order valence-electron chi connectivity index (χ4n) is 4.40. The predicted octanol–water partition coefficient (Wildman–Crippen LogP) is 4.62. The molecule has 28 heavy (non-hydrogen) atoms. The lowest BCUT2D eigenvalue weighted by molar-refractivity contribution is -0.537. The zero-order chi connectivity index (χ0) is 20.1. The highest BCUT2D eigenvalue weighted by Crippen LogP contribution is 2.43. The van der Waals surface area contributed by atoms with Gasteiger partial charge in [0.15, 0.2) is 18.8 Å². The van der Waals surface area contributed by atoms with Gasteiger partial charge in [0, 0.05) is 23.1 Å². The molecule has 2 aliphatic rings. The number of hydrogen-bond donors (Lipinski definition) is 1. The van der Waals surface area contributed by atoms with Gasteiger partial charge in [-0.25, -0.2) is 4.58 Å². The molecule has 0 radical (unpaired) electrons. The van der Waals surface area contributed by atoms with Crippen LogP contribution in [0.4, 0.5) is 0 Å². The maximum absolute atomic E-state index is 11.4. The van der Waals surface area contributed by atoms with E-state index < -0.39 is 0 Å². The van der Waals surface area contributed by atoms with E-state index in [0.29, 0.717) is 11.7 Å². The Hall–Kier alpha value is -2.13. The fraction of sp³-hybridized carbons (Fsp3) is 0.480. The van der Waals surface area contributed by atoms with Gasteiger partial charge in [0.2, 0.25) is 0 Å². The topological polar surface area (TPSA) is 26.5 Å². The van der Waals surface area contributed by atoms with Crippen LogP contribution in [-0.2, 0) is 6.42 Å². The molecule has 3 heteroatoms. The molecule has 1 heterocycles. The lowest BCUT2D eigenvalue weighted by Crippen LogP contribution is -2.41. The summed E-state index contributed by atoms with van der Waals surface area (Å²) in [6.07, 6.45) is 10.3. The van der Waals surface area contributed by atoms with Gasteiger partial charge in [0.1, 0.15) is 5.76 Å². The number of likely N-dealkylation sites (N-methyl/N-ethyl adjacent to an activating group) is 1. The van der Waals surface area contributed by atoms with E-state index in [1.165, 1.54) is 11.3 Å². The second kappa shape index (κ2) is 8.91. The van der Waals surface area contributed by atoms with Gasteiger partial charge < -0.3 is 5.11 Å². The monoisotopic (exact) mass is 379 g/mol. The minimum absolute atomic E-state index is 0.253. The molecular weight excluding hydrogens is 344 g/mol. The largest absolute Gasteiger partial charge is 0.511 e. The summed E-state index contributed by atoms with van der Waals surface area (Å²) in [6, 6.07) is 10.5. The normalized spacial score (nSPS) is 20.0. The quantitative estimate of drug-likeness (QED) is 0.597. The Bertz CT molecular complexity index is 773. The van der Waals surface area contributed by atoms with Crippen LogP contribution in [0.1, 0.15) is 32.8 Å². The van der Waals surface area contributed by atoms with Crippen molar-refractivity contribution in [2.75, 3.05) is 33.2 Å². The zero-order valence-corrected chi connectivity index (χ0v) is 17.9. The molecule has 0 saturated carbocycles. The zero-order valence-electron chi connectivity index (χ0n) is 17.9. The SMILES string of the molecule is CCC(Cc1ccccc1)(C(O)=C1C=CC(=[N+]2CCN(C)CC2)C=C1)C(C)C. The standard InChI is InChI=1S/C25H34N2O/c1-5-25(20(2)3,19-21-9-7-6-8-10-21)24(28)22-11-13-23(14-12-22)27-17-15-26(4)16-18-27/h6-14,20H,5,15-19H2,1-4H3/p+1. The molecule has 3 nitrogen and oxygen atoms in total. The van der Waals surface area contributed by atoms with Crippen molar-refractivity contribution in [1.29, 1.82) is 0 Å². The highest BCUT2D eigenvalue weighted by Gasteiger charge is 2.38. The van der Waals surface area contributed by atoms with Crippen molar-refractivity contribution < 1.29 is 9.68 Å². The van der Waals surface area contributed by atoms with Gasteiger partial charge in [-0.05, 0) is 43.5 Å². The Balaban J connectivity index is 1.90. The summed E-state index contributed by atoms with van der Waals surface area (Å²) in [4.78, 5) is 2.37. The van der Waals surface area contributed by atoms with E-state index in [1.54, 1.807) is 0 Å². The minimum atomic E-state index is -0.253. The Morgan fingerprint density at radius 3 is 2.21 bits per heavy atom. The van der Waals surface area contributed by atoms with Gasteiger partial charge >= 0.3 is 0 Å². The van der Waals surface area contributed by atoms with E-state index in [1.807, 2.05) is 6.07 Å². The third-order valence-corrected chi connectivity index (χ3v) is 6.58. The van der Waals surface area contributed by atoms with Crippen LogP contribution >= 0.6 is 0 Å². The summed E-state index contributed by atoms with van der Waals surface area (Å²) in [5.74, 6) is 0.869. The number of hydrogen-bond acceptors (Lipinski definition) is 2. The number of nitrogens with zero attached hydrogens (tertiary/aromatic N) is 2. The van der Waals surface area contributed by atoms with Crippen LogP contribution in [0.15, 0.2) is 66.0 Å². The van der Waals surface area contributed by atoms with Crippen LogP contribution in [0.2, 0.25) is 0 Å². The number of aliphatic hydroxyl groups is 1. The van der Waals surface area contributed by atoms with Gasteiger partial charge in [0.25, 0.3) is 0 Å². The number of rotatable bonds is 5. The molecule has 1 atom stereocenters. The second-order valence-electron chi connectivity index (χ2n) is 8.51. The van der Waals surface area contributed by atoms with Gasteiger partial charge in [-0.2, -0.15) is 0 Å². The van der Waals surface area contributed by atoms with Crippen LogP contribution in [0.25, 0.3) is 0 Å². The third-order valence-electron chi connectivity index (χ3n) is 6.58. The highest BCUT2D eigenvalue weighted by atomic mass is 16.3. The number of piperazine rings is 1. The van der Waals surface area contributed by atoms with E-state index in [0.717, 1.165) is 44.6 Å². The first-order valence-corrected chi connectivity index (χ1v) is 10.6. The number of benzene rings is 1. The average Bonchev–Trinajstić information content (AvgIpc) is 2.73. The van der Waals surface area contributed by atoms with Crippen LogP contribution < -0.4 is 0 Å². The fourth-order valence-corrected chi connectivity index (χ4v) is 4.40. The molecule has 1 aromatic rings. The van der Waals surface area contributed by atoms with Gasteiger partial charge in [-0.1, -0.05) is 51.1 Å². The Morgan fingerprint density at radius 2 is 1.68 bits per heavy atom. The number of allylic oxidation sites excluding steroid dienone is 6. The molecule has 1 saturated heterocycles. The van der Waals surface area contributed by atoms with Crippen molar-refractivity contribution in [2.24, 2.45) is 11.3 Å². The van der Waals surface area contributed by atoms with E-state index in [-0.39, 0.29) is 5.41 Å². The van der Waals surface area contributed by atoms with Crippen LogP contribution in [-0.4, -0.2) is 53.5 Å². The maximum Gasteiger partial charge on any atom is 0.200 e. The molecule has 150 valence electrons. The Morgan fingerprint density at radius 1 is 1.07 bits per heavy atom. The smallest absolute Gasteiger partial charge is 0.200 e. The van der Waals surface area contributed by atoms with Crippen molar-refractivity contribution in [2.45, 2.75) is 33.6 Å².